The van der Waals surface area contributed by atoms with Crippen LogP contribution in [0.2, 0.25) is 0 Å². The summed E-state index contributed by atoms with van der Waals surface area (Å²) in [6.45, 7) is 7.75. The Morgan fingerprint density at radius 1 is 0.583 bits per heavy atom. The quantitative estimate of drug-likeness (QED) is 0.339. The Morgan fingerprint density at radius 3 is 1.17 bits per heavy atom. The van der Waals surface area contributed by atoms with Crippen molar-refractivity contribution in [1.29, 1.82) is 0 Å². The first-order chi connectivity index (χ1) is 11.2. The minimum Gasteiger partial charge on any atom is -0.454 e. The van der Waals surface area contributed by atoms with Crippen molar-refractivity contribution in [3.63, 3.8) is 0 Å². The average molecular weight is 404 g/mol. The molecule has 0 aliphatic rings. The van der Waals surface area contributed by atoms with Crippen molar-refractivity contribution in [3.8, 4) is 0 Å². The molecule has 0 atom stereocenters. The largest absolute Gasteiger partial charge is 0.905 e. The molecule has 0 saturated heterocycles. The summed E-state index contributed by atoms with van der Waals surface area (Å²) in [5.41, 5.74) is 0. The van der Waals surface area contributed by atoms with E-state index in [1.54, 1.807) is 0 Å². The Labute approximate surface area is 167 Å². The van der Waals surface area contributed by atoms with Crippen LogP contribution < -0.4 is 0 Å². The maximum atomic E-state index is 8.50. The summed E-state index contributed by atoms with van der Waals surface area (Å²) in [5, 5.41) is 33.1. The Hall–Kier alpha value is 0.967. The molecule has 0 saturated carbocycles. The predicted octanol–water partition coefficient (Wildman–Crippen LogP) is 0.971. The zero-order valence-corrected chi connectivity index (χ0v) is 18.3. The van der Waals surface area contributed by atoms with Crippen LogP contribution in [0.15, 0.2) is 0 Å². The molecule has 7 nitrogen and oxygen atoms in total. The van der Waals surface area contributed by atoms with E-state index in [0.717, 1.165) is 32.1 Å². The molecule has 0 aliphatic heterocycles. The van der Waals surface area contributed by atoms with Gasteiger partial charge in [-0.25, -0.2) is 0 Å². The molecule has 24 heavy (non-hydrogen) atoms. The summed E-state index contributed by atoms with van der Waals surface area (Å²) in [4.78, 5) is 0. The molecule has 0 rings (SSSR count). The molecular weight excluding hydrogens is 367 g/mol. The maximum absolute atomic E-state index is 8.50. The number of rotatable bonds is 13. The van der Waals surface area contributed by atoms with E-state index in [0.29, 0.717) is 19.8 Å². The summed E-state index contributed by atoms with van der Waals surface area (Å²) in [7, 11) is 0. The van der Waals surface area contributed by atoms with Crippen molar-refractivity contribution in [3.05, 3.63) is 0 Å². The minimum atomic E-state index is -2.11. The monoisotopic (exact) mass is 404 g/mol. The van der Waals surface area contributed by atoms with Gasteiger partial charge in [0.15, 0.2) is 0 Å². The van der Waals surface area contributed by atoms with E-state index in [1.165, 1.54) is 0 Å². The first kappa shape index (κ1) is 32.6. The van der Waals surface area contributed by atoms with Crippen LogP contribution in [0.5, 0.6) is 0 Å². The molecule has 0 aromatic rings. The molecule has 0 radical (unpaired) electrons. The molecule has 0 bridgehead atoms. The molecule has 0 aromatic carbocycles. The molecule has 0 spiro atoms. The van der Waals surface area contributed by atoms with Gasteiger partial charge >= 0.3 is 15.1 Å². The van der Waals surface area contributed by atoms with Gasteiger partial charge in [0.05, 0.1) is 13.2 Å². The second-order valence-corrected chi connectivity index (χ2v) is 6.08. The fourth-order valence-corrected chi connectivity index (χ4v) is 2.29. The topological polar surface area (TPSA) is 109 Å². The molecule has 0 unspecified atom stereocenters. The maximum Gasteiger partial charge on any atom is 0.905 e. The molecule has 0 heterocycles. The summed E-state index contributed by atoms with van der Waals surface area (Å²) < 4.78 is 15.5. The van der Waals surface area contributed by atoms with Crippen molar-refractivity contribution >= 4 is 15.1 Å². The third kappa shape index (κ3) is 38.5. The van der Waals surface area contributed by atoms with Crippen molar-refractivity contribution < 1.29 is 53.5 Å². The molecule has 0 aromatic heterocycles. The van der Waals surface area contributed by atoms with E-state index in [1.807, 2.05) is 6.92 Å². The van der Waals surface area contributed by atoms with Crippen LogP contribution in [0, 0.1) is 0 Å². The Morgan fingerprint density at radius 2 is 0.958 bits per heavy atom. The zero-order valence-electron chi connectivity index (χ0n) is 15.6. The number of hydrogen-bond donors (Lipinski definition) is 4. The zero-order chi connectivity index (χ0) is 18.2. The van der Waals surface area contributed by atoms with Gasteiger partial charge in [0.25, 0.3) is 0 Å². The van der Waals surface area contributed by atoms with Gasteiger partial charge in [-0.1, -0.05) is 33.6 Å². The third-order valence-corrected chi connectivity index (χ3v) is 3.70. The minimum absolute atomic E-state index is 0. The van der Waals surface area contributed by atoms with E-state index in [4.69, 9.17) is 31.8 Å². The van der Waals surface area contributed by atoms with Crippen LogP contribution in [0.3, 0.4) is 0 Å². The average Bonchev–Trinajstić information content (AvgIpc) is 2.57. The molecular formula is C15H37AlO7Ti. The van der Waals surface area contributed by atoms with Crippen LogP contribution in [0.4, 0.5) is 0 Å². The van der Waals surface area contributed by atoms with Gasteiger partial charge in [0.1, 0.15) is 0 Å². The van der Waals surface area contributed by atoms with Crippen LogP contribution >= 0.6 is 0 Å². The van der Waals surface area contributed by atoms with Gasteiger partial charge in [-0.15, -0.1) is 0 Å². The summed E-state index contributed by atoms with van der Waals surface area (Å²) in [5.74, 6) is 0. The SMILES string of the molecule is CCCCO.CCCCO.CCC[O][Al]([O]CCO)[O]CCO.[Ti]. The van der Waals surface area contributed by atoms with Crippen molar-refractivity contribution in [2.24, 2.45) is 0 Å². The smallest absolute Gasteiger partial charge is 0.454 e. The van der Waals surface area contributed by atoms with Crippen LogP contribution in [-0.4, -0.2) is 81.8 Å². The second-order valence-electron chi connectivity index (χ2n) is 4.50. The number of aliphatic hydroxyl groups is 4. The van der Waals surface area contributed by atoms with E-state index in [9.17, 15) is 0 Å². The van der Waals surface area contributed by atoms with Gasteiger partial charge in [-0.2, -0.15) is 0 Å². The van der Waals surface area contributed by atoms with Gasteiger partial charge < -0.3 is 31.8 Å². The van der Waals surface area contributed by atoms with Gasteiger partial charge in [0.2, 0.25) is 0 Å². The van der Waals surface area contributed by atoms with Crippen LogP contribution in [0.25, 0.3) is 0 Å². The van der Waals surface area contributed by atoms with Gasteiger partial charge in [-0.05, 0) is 19.3 Å². The fraction of sp³-hybridized carbons (Fsp3) is 1.00. The summed E-state index contributed by atoms with van der Waals surface area (Å²) in [6, 6.07) is 0. The fourth-order valence-electron chi connectivity index (χ4n) is 0.973. The molecule has 9 heteroatoms. The summed E-state index contributed by atoms with van der Waals surface area (Å²) >= 11 is -2.11. The first-order valence-corrected chi connectivity index (χ1v) is 9.87. The van der Waals surface area contributed by atoms with Crippen LogP contribution in [-0.2, 0) is 33.1 Å². The van der Waals surface area contributed by atoms with Gasteiger partial charge in [-0.3, -0.25) is 0 Å². The number of unbranched alkanes of at least 4 members (excludes halogenated alkanes) is 2. The van der Waals surface area contributed by atoms with Crippen LogP contribution in [0.1, 0.15) is 52.9 Å². The van der Waals surface area contributed by atoms with E-state index in [-0.39, 0.29) is 48.1 Å². The third-order valence-electron chi connectivity index (χ3n) is 2.17. The number of aliphatic hydroxyl groups excluding tert-OH is 4. The van der Waals surface area contributed by atoms with E-state index in [2.05, 4.69) is 13.8 Å². The Kier molecular flexibility index (Phi) is 47.8. The summed E-state index contributed by atoms with van der Waals surface area (Å²) in [6.07, 6.45) is 4.97. The predicted molar refractivity (Wildman–Crippen MR) is 92.1 cm³/mol. The first-order valence-electron chi connectivity index (χ1n) is 8.46. The molecule has 4 N–H and O–H groups in total. The Bertz CT molecular complexity index is 153. The molecule has 0 amide bonds. The Balaban J connectivity index is -0.000000151. The van der Waals surface area contributed by atoms with Crippen molar-refractivity contribution in [2.45, 2.75) is 52.9 Å². The van der Waals surface area contributed by atoms with Crippen molar-refractivity contribution in [2.75, 3.05) is 46.2 Å². The van der Waals surface area contributed by atoms with E-state index < -0.39 is 15.1 Å². The molecule has 146 valence electrons. The normalized spacial score (nSPS) is 9.12. The second kappa shape index (κ2) is 35.1. The standard InChI is InChI=1S/2C4H10O.C3H7O.2C2H5O2.Al.Ti/c2*1-2-3-4-5;1-2-3-4;2*3-1-2-4;;/h2*5H,2-4H2,1H3;2-3H2,1H3;2*3H,1-2H2;;/q;;3*-1;+3;. The van der Waals surface area contributed by atoms with E-state index >= 15 is 0 Å². The van der Waals surface area contributed by atoms with Crippen molar-refractivity contribution in [1.82, 2.24) is 0 Å². The van der Waals surface area contributed by atoms with Gasteiger partial charge in [0, 0.05) is 54.8 Å². The number of hydrogen-bond acceptors (Lipinski definition) is 7. The molecule has 0 fully saturated rings. The molecule has 0 aliphatic carbocycles.